The van der Waals surface area contributed by atoms with Crippen LogP contribution >= 0.6 is 0 Å². The molecule has 1 fully saturated rings. The Hall–Kier alpha value is -1.79. The van der Waals surface area contributed by atoms with E-state index < -0.39 is 0 Å². The minimum atomic E-state index is 0.0389. The minimum Gasteiger partial charge on any atom is -0.381 e. The smallest absolute Gasteiger partial charge is 0.244 e. The molecule has 0 saturated carbocycles. The van der Waals surface area contributed by atoms with Crippen molar-refractivity contribution in [2.75, 3.05) is 13.2 Å². The molecule has 0 spiro atoms. The van der Waals surface area contributed by atoms with Crippen molar-refractivity contribution in [1.29, 1.82) is 0 Å². The highest BCUT2D eigenvalue weighted by molar-refractivity contribution is 5.12. The Bertz CT molecular complexity index is 633. The van der Waals surface area contributed by atoms with Gasteiger partial charge in [0.05, 0.1) is 11.7 Å². The lowest BCUT2D eigenvalue weighted by molar-refractivity contribution is 0.0485. The van der Waals surface area contributed by atoms with Crippen molar-refractivity contribution < 1.29 is 9.26 Å². The molecule has 1 aliphatic heterocycles. The quantitative estimate of drug-likeness (QED) is 0.877. The second kappa shape index (κ2) is 7.85. The van der Waals surface area contributed by atoms with E-state index in [0.29, 0.717) is 18.4 Å². The fourth-order valence-corrected chi connectivity index (χ4v) is 2.93. The molecule has 2 aromatic heterocycles. The molecule has 3 heterocycles. The van der Waals surface area contributed by atoms with E-state index in [1.165, 1.54) is 5.56 Å². The summed E-state index contributed by atoms with van der Waals surface area (Å²) in [4.78, 5) is 9.08. The summed E-state index contributed by atoms with van der Waals surface area (Å²) in [5, 5.41) is 7.70. The lowest BCUT2D eigenvalue weighted by Gasteiger charge is -2.28. The summed E-state index contributed by atoms with van der Waals surface area (Å²) < 4.78 is 11.1. The van der Waals surface area contributed by atoms with E-state index in [9.17, 15) is 0 Å². The molecule has 1 N–H and O–H groups in total. The van der Waals surface area contributed by atoms with Crippen LogP contribution in [0.15, 0.2) is 22.9 Å². The van der Waals surface area contributed by atoms with Gasteiger partial charge in [0.2, 0.25) is 5.89 Å². The standard InChI is InChI=1S/C18H26N4O2/c1-12(2)17-21-18(24-22-17)16(14-6-8-23-9-7-14)20-11-15-5-4-13(3)10-19-15/h4-5,10,12,14,16,20H,6-9,11H2,1-3H3. The van der Waals surface area contributed by atoms with Crippen molar-refractivity contribution in [2.45, 2.75) is 52.1 Å². The molecule has 0 radical (unpaired) electrons. The van der Waals surface area contributed by atoms with Crippen LogP contribution in [0.5, 0.6) is 0 Å². The van der Waals surface area contributed by atoms with Crippen LogP contribution in [-0.2, 0) is 11.3 Å². The third-order valence-electron chi connectivity index (χ3n) is 4.45. The van der Waals surface area contributed by atoms with Gasteiger partial charge in [-0.2, -0.15) is 4.98 Å². The fourth-order valence-electron chi connectivity index (χ4n) is 2.93. The zero-order valence-corrected chi connectivity index (χ0v) is 14.7. The van der Waals surface area contributed by atoms with Crippen LogP contribution < -0.4 is 5.32 Å². The number of aromatic nitrogens is 3. The van der Waals surface area contributed by atoms with Crippen molar-refractivity contribution in [3.63, 3.8) is 0 Å². The maximum Gasteiger partial charge on any atom is 0.244 e. The number of rotatable bonds is 6. The van der Waals surface area contributed by atoms with Crippen LogP contribution in [0.4, 0.5) is 0 Å². The van der Waals surface area contributed by atoms with E-state index >= 15 is 0 Å². The number of hydrogen-bond acceptors (Lipinski definition) is 6. The van der Waals surface area contributed by atoms with Crippen LogP contribution in [0.25, 0.3) is 0 Å². The van der Waals surface area contributed by atoms with Crippen LogP contribution in [0, 0.1) is 12.8 Å². The van der Waals surface area contributed by atoms with Crippen molar-refractivity contribution in [2.24, 2.45) is 5.92 Å². The molecule has 1 saturated heterocycles. The highest BCUT2D eigenvalue weighted by Gasteiger charge is 2.30. The van der Waals surface area contributed by atoms with E-state index in [1.54, 1.807) is 0 Å². The van der Waals surface area contributed by atoms with Crippen LogP contribution in [0.1, 0.15) is 61.6 Å². The molecule has 24 heavy (non-hydrogen) atoms. The Kier molecular flexibility index (Phi) is 5.58. The average molecular weight is 330 g/mol. The number of aryl methyl sites for hydroxylation is 1. The largest absolute Gasteiger partial charge is 0.381 e. The average Bonchev–Trinajstić information content (AvgIpc) is 3.08. The van der Waals surface area contributed by atoms with E-state index in [0.717, 1.165) is 37.6 Å². The monoisotopic (exact) mass is 330 g/mol. The molecule has 1 atom stereocenters. The molecule has 1 unspecified atom stereocenters. The van der Waals surface area contributed by atoms with E-state index in [-0.39, 0.29) is 12.0 Å². The molecule has 6 nitrogen and oxygen atoms in total. The number of nitrogens with one attached hydrogen (secondary N) is 1. The summed E-state index contributed by atoms with van der Waals surface area (Å²) in [6.45, 7) is 8.44. The Balaban J connectivity index is 1.74. The topological polar surface area (TPSA) is 73.1 Å². The molecule has 6 heteroatoms. The Labute approximate surface area is 143 Å². The molecule has 0 amide bonds. The maximum atomic E-state index is 5.56. The lowest BCUT2D eigenvalue weighted by atomic mass is 9.91. The number of pyridine rings is 1. The van der Waals surface area contributed by atoms with Crippen molar-refractivity contribution in [1.82, 2.24) is 20.4 Å². The first-order valence-electron chi connectivity index (χ1n) is 8.69. The predicted molar refractivity (Wildman–Crippen MR) is 90.5 cm³/mol. The van der Waals surface area contributed by atoms with E-state index in [2.05, 4.69) is 46.4 Å². The van der Waals surface area contributed by atoms with Gasteiger partial charge in [-0.05, 0) is 37.3 Å². The summed E-state index contributed by atoms with van der Waals surface area (Å²) >= 11 is 0. The summed E-state index contributed by atoms with van der Waals surface area (Å²) in [6, 6.07) is 4.17. The minimum absolute atomic E-state index is 0.0389. The van der Waals surface area contributed by atoms with Gasteiger partial charge in [0, 0.05) is 31.9 Å². The van der Waals surface area contributed by atoms with Gasteiger partial charge >= 0.3 is 0 Å². The summed E-state index contributed by atoms with van der Waals surface area (Å²) in [7, 11) is 0. The fraction of sp³-hybridized carbons (Fsp3) is 0.611. The van der Waals surface area contributed by atoms with Gasteiger partial charge in [0.15, 0.2) is 5.82 Å². The van der Waals surface area contributed by atoms with Crippen LogP contribution in [-0.4, -0.2) is 28.3 Å². The molecular formula is C18H26N4O2. The summed E-state index contributed by atoms with van der Waals surface area (Å²) in [6.07, 6.45) is 3.89. The molecule has 3 rings (SSSR count). The molecular weight excluding hydrogens is 304 g/mol. The molecule has 2 aromatic rings. The van der Waals surface area contributed by atoms with Crippen LogP contribution in [0.2, 0.25) is 0 Å². The molecule has 1 aliphatic rings. The SMILES string of the molecule is Cc1ccc(CNC(c2nc(C(C)C)no2)C2CCOCC2)nc1. The van der Waals surface area contributed by atoms with Gasteiger partial charge in [0.1, 0.15) is 0 Å². The number of hydrogen-bond donors (Lipinski definition) is 1. The molecule has 0 aliphatic carbocycles. The zero-order chi connectivity index (χ0) is 16.9. The zero-order valence-electron chi connectivity index (χ0n) is 14.7. The van der Waals surface area contributed by atoms with Gasteiger partial charge in [-0.25, -0.2) is 0 Å². The molecule has 0 bridgehead atoms. The maximum absolute atomic E-state index is 5.56. The van der Waals surface area contributed by atoms with E-state index in [1.807, 2.05) is 13.1 Å². The summed E-state index contributed by atoms with van der Waals surface area (Å²) in [5.41, 5.74) is 2.18. The molecule has 130 valence electrons. The lowest BCUT2D eigenvalue weighted by Crippen LogP contribution is -2.32. The van der Waals surface area contributed by atoms with Gasteiger partial charge < -0.3 is 9.26 Å². The number of nitrogens with zero attached hydrogens (tertiary/aromatic N) is 3. The first-order chi connectivity index (χ1) is 11.6. The van der Waals surface area contributed by atoms with Gasteiger partial charge in [0.25, 0.3) is 0 Å². The van der Waals surface area contributed by atoms with Crippen LogP contribution in [0.3, 0.4) is 0 Å². The summed E-state index contributed by atoms with van der Waals surface area (Å²) in [5.74, 6) is 2.14. The highest BCUT2D eigenvalue weighted by Crippen LogP contribution is 2.30. The highest BCUT2D eigenvalue weighted by atomic mass is 16.5. The first kappa shape index (κ1) is 17.0. The van der Waals surface area contributed by atoms with Gasteiger partial charge in [-0.15, -0.1) is 0 Å². The number of ether oxygens (including phenoxy) is 1. The normalized spacial score (nSPS) is 17.3. The third-order valence-corrected chi connectivity index (χ3v) is 4.45. The Morgan fingerprint density at radius 3 is 2.67 bits per heavy atom. The second-order valence-corrected chi connectivity index (χ2v) is 6.78. The van der Waals surface area contributed by atoms with E-state index in [4.69, 9.17) is 9.26 Å². The van der Waals surface area contributed by atoms with Gasteiger partial charge in [-0.1, -0.05) is 25.1 Å². The van der Waals surface area contributed by atoms with Crippen molar-refractivity contribution >= 4 is 0 Å². The van der Waals surface area contributed by atoms with Crippen molar-refractivity contribution in [3.05, 3.63) is 41.3 Å². The third kappa shape index (κ3) is 4.19. The second-order valence-electron chi connectivity index (χ2n) is 6.78. The van der Waals surface area contributed by atoms with Gasteiger partial charge in [-0.3, -0.25) is 10.3 Å². The predicted octanol–water partition coefficient (Wildman–Crippen LogP) is 3.15. The Morgan fingerprint density at radius 2 is 2.04 bits per heavy atom. The Morgan fingerprint density at radius 1 is 1.25 bits per heavy atom. The van der Waals surface area contributed by atoms with Crippen molar-refractivity contribution in [3.8, 4) is 0 Å². The first-order valence-corrected chi connectivity index (χ1v) is 8.69. The molecule has 0 aromatic carbocycles.